The molecule has 0 saturated heterocycles. The minimum atomic E-state index is -4.02. The monoisotopic (exact) mass is 269 g/mol. The van der Waals surface area contributed by atoms with Crippen LogP contribution in [0.5, 0.6) is 0 Å². The topological polar surface area (TPSA) is 165 Å². The fourth-order valence-corrected chi connectivity index (χ4v) is 1.22. The Morgan fingerprint density at radius 3 is 2.53 bits per heavy atom. The zero-order valence-corrected chi connectivity index (χ0v) is 9.93. The lowest BCUT2D eigenvalue weighted by molar-refractivity contribution is -0.138. The number of aliphatic carboxylic acids is 1. The first-order chi connectivity index (χ1) is 7.72. The summed E-state index contributed by atoms with van der Waals surface area (Å²) >= 11 is 0. The average molecular weight is 269 g/mol. The molecule has 1 unspecified atom stereocenters. The fourth-order valence-electron chi connectivity index (χ4n) is 0.865. The number of carbonyl (C=O) groups is 2. The number of nitrogens with one attached hydrogen (secondary N) is 1. The van der Waals surface area contributed by atoms with E-state index in [2.05, 4.69) is 15.3 Å². The molecule has 0 aromatic heterocycles. The third-order valence-electron chi connectivity index (χ3n) is 1.70. The van der Waals surface area contributed by atoms with E-state index in [4.69, 9.17) is 15.7 Å². The van der Waals surface area contributed by atoms with Gasteiger partial charge >= 0.3 is 13.7 Å². The number of rotatable bonds is 8. The molecule has 0 aromatic carbocycles. The second-order valence-corrected chi connectivity index (χ2v) is 4.62. The molecule has 0 heterocycles. The lowest BCUT2D eigenvalue weighted by Gasteiger charge is -2.08. The van der Waals surface area contributed by atoms with E-state index in [-0.39, 0.29) is 26.0 Å². The highest BCUT2D eigenvalue weighted by atomic mass is 31.2. The Labute approximate surface area is 97.7 Å². The Hall–Kier alpha value is -0.990. The molecular weight excluding hydrogens is 253 g/mol. The van der Waals surface area contributed by atoms with E-state index in [1.54, 1.807) is 0 Å². The van der Waals surface area contributed by atoms with Gasteiger partial charge in [0.2, 0.25) is 5.91 Å². The van der Waals surface area contributed by atoms with E-state index in [1.807, 2.05) is 0 Å². The average Bonchev–Trinajstić information content (AvgIpc) is 2.19. The fraction of sp³-hybridized carbons (Fsp3) is 0.714. The van der Waals surface area contributed by atoms with E-state index in [0.717, 1.165) is 0 Å². The summed E-state index contributed by atoms with van der Waals surface area (Å²) in [6.45, 7) is -0.204. The first-order valence-corrected chi connectivity index (χ1v) is 6.38. The number of carbonyl (C=O) groups excluding carboxylic acids is 1. The highest BCUT2D eigenvalue weighted by Crippen LogP contribution is 2.30. The molecule has 0 aliphatic heterocycles. The van der Waals surface area contributed by atoms with Gasteiger partial charge < -0.3 is 21.1 Å². The van der Waals surface area contributed by atoms with Crippen molar-refractivity contribution in [2.24, 2.45) is 11.2 Å². The summed E-state index contributed by atoms with van der Waals surface area (Å²) in [4.78, 5) is 30.0. The molecule has 1 amide bonds. The van der Waals surface area contributed by atoms with E-state index in [0.29, 0.717) is 0 Å². The predicted octanol–water partition coefficient (Wildman–Crippen LogP) is -1.63. The minimum Gasteiger partial charge on any atom is -0.480 e. The van der Waals surface area contributed by atoms with Gasteiger partial charge in [0.1, 0.15) is 6.04 Å². The van der Waals surface area contributed by atoms with Crippen molar-refractivity contribution in [1.29, 1.82) is 0 Å². The molecular formula is C7H16N3O6P. The summed E-state index contributed by atoms with van der Waals surface area (Å²) in [7, 11) is -4.02. The molecule has 100 valence electrons. The molecule has 9 nitrogen and oxygen atoms in total. The van der Waals surface area contributed by atoms with Crippen LogP contribution in [0.3, 0.4) is 0 Å². The van der Waals surface area contributed by atoms with Gasteiger partial charge in [0.15, 0.2) is 0 Å². The number of amides is 1. The molecule has 17 heavy (non-hydrogen) atoms. The van der Waals surface area contributed by atoms with Crippen molar-refractivity contribution in [3.05, 3.63) is 0 Å². The highest BCUT2D eigenvalue weighted by Gasteiger charge is 2.14. The van der Waals surface area contributed by atoms with Crippen LogP contribution >= 0.6 is 7.75 Å². The summed E-state index contributed by atoms with van der Waals surface area (Å²) < 4.78 is 14.8. The Bertz CT molecular complexity index is 317. The van der Waals surface area contributed by atoms with Gasteiger partial charge in [-0.2, -0.15) is 0 Å². The molecule has 0 rings (SSSR count). The van der Waals surface area contributed by atoms with Crippen molar-refractivity contribution < 1.29 is 28.7 Å². The van der Waals surface area contributed by atoms with Gasteiger partial charge in [-0.15, -0.1) is 0 Å². The zero-order chi connectivity index (χ0) is 13.5. The molecule has 0 aromatic rings. The smallest absolute Gasteiger partial charge is 0.400 e. The Morgan fingerprint density at radius 1 is 1.47 bits per heavy atom. The molecule has 2 atom stereocenters. The number of nitrogens with two attached hydrogens (primary N) is 2. The molecule has 7 N–H and O–H groups in total. The molecule has 0 aliphatic carbocycles. The molecule has 0 radical (unpaired) electrons. The van der Waals surface area contributed by atoms with Gasteiger partial charge in [0, 0.05) is 13.0 Å². The van der Waals surface area contributed by atoms with Crippen molar-refractivity contribution in [3.8, 4) is 0 Å². The molecule has 10 heteroatoms. The van der Waals surface area contributed by atoms with Gasteiger partial charge in [0.25, 0.3) is 0 Å². The second-order valence-electron chi connectivity index (χ2n) is 3.23. The van der Waals surface area contributed by atoms with Crippen LogP contribution in [-0.2, 0) is 18.7 Å². The van der Waals surface area contributed by atoms with E-state index in [9.17, 15) is 14.2 Å². The van der Waals surface area contributed by atoms with E-state index < -0.39 is 25.7 Å². The first kappa shape index (κ1) is 16.0. The van der Waals surface area contributed by atoms with Crippen molar-refractivity contribution in [3.63, 3.8) is 0 Å². The molecule has 0 bridgehead atoms. The van der Waals surface area contributed by atoms with Crippen LogP contribution < -0.4 is 16.6 Å². The molecule has 0 saturated carbocycles. The maximum absolute atomic E-state index is 11.1. The minimum absolute atomic E-state index is 0.00287. The summed E-state index contributed by atoms with van der Waals surface area (Å²) in [5.74, 6) is -1.60. The summed E-state index contributed by atoms with van der Waals surface area (Å²) in [5.41, 5.74) is 9.86. The predicted molar refractivity (Wildman–Crippen MR) is 57.8 cm³/mol. The maximum atomic E-state index is 11.1. The lowest BCUT2D eigenvalue weighted by atomic mass is 10.1. The number of carboxylic acid groups (broad SMARTS) is 1. The molecule has 0 fully saturated rings. The Balaban J connectivity index is 3.61. The summed E-state index contributed by atoms with van der Waals surface area (Å²) in [5, 5.41) is 10.8. The third kappa shape index (κ3) is 9.91. The molecule has 0 spiro atoms. The Morgan fingerprint density at radius 2 is 2.06 bits per heavy atom. The Kier molecular flexibility index (Phi) is 6.93. The lowest BCUT2D eigenvalue weighted by Crippen LogP contribution is -2.33. The van der Waals surface area contributed by atoms with Crippen molar-refractivity contribution in [2.45, 2.75) is 18.9 Å². The van der Waals surface area contributed by atoms with Crippen LogP contribution in [0.4, 0.5) is 0 Å². The maximum Gasteiger partial charge on any atom is 0.400 e. The van der Waals surface area contributed by atoms with Crippen LogP contribution in [0.2, 0.25) is 0 Å². The summed E-state index contributed by atoms with van der Waals surface area (Å²) in [6.07, 6.45) is -0.0374. The normalized spacial score (nSPS) is 15.9. The SMILES string of the molecule is N[C@@H](CCC(=O)NCCOP(N)(=O)O)C(=O)O. The standard InChI is InChI=1S/C7H16N3O6P/c8-5(7(12)13)1-2-6(11)10-3-4-16-17(9,14)15/h5H,1-4,8H2,(H,10,11)(H,12,13)(H3,9,14,15)/t5-/m0/s1. The van der Waals surface area contributed by atoms with Crippen LogP contribution in [0, 0.1) is 0 Å². The highest BCUT2D eigenvalue weighted by molar-refractivity contribution is 7.50. The van der Waals surface area contributed by atoms with Crippen LogP contribution in [0.25, 0.3) is 0 Å². The third-order valence-corrected chi connectivity index (χ3v) is 2.25. The van der Waals surface area contributed by atoms with Gasteiger partial charge in [-0.05, 0) is 6.42 Å². The number of carboxylic acids is 1. The quantitative estimate of drug-likeness (QED) is 0.259. The zero-order valence-electron chi connectivity index (χ0n) is 9.04. The number of hydrogen-bond donors (Lipinski definition) is 5. The van der Waals surface area contributed by atoms with Gasteiger partial charge in [0.05, 0.1) is 6.61 Å². The van der Waals surface area contributed by atoms with Crippen molar-refractivity contribution >= 4 is 19.6 Å². The van der Waals surface area contributed by atoms with E-state index >= 15 is 0 Å². The van der Waals surface area contributed by atoms with Gasteiger partial charge in [-0.3, -0.25) is 14.1 Å². The summed E-state index contributed by atoms with van der Waals surface area (Å²) in [6, 6.07) is -1.08. The first-order valence-electron chi connectivity index (χ1n) is 4.73. The molecule has 0 aliphatic rings. The van der Waals surface area contributed by atoms with Crippen molar-refractivity contribution in [1.82, 2.24) is 5.32 Å². The van der Waals surface area contributed by atoms with Crippen molar-refractivity contribution in [2.75, 3.05) is 13.2 Å². The largest absolute Gasteiger partial charge is 0.480 e. The van der Waals surface area contributed by atoms with Crippen LogP contribution in [0.1, 0.15) is 12.8 Å². The second kappa shape index (κ2) is 7.36. The number of hydrogen-bond acceptors (Lipinski definition) is 5. The van der Waals surface area contributed by atoms with Gasteiger partial charge in [-0.25, -0.2) is 10.1 Å². The van der Waals surface area contributed by atoms with Gasteiger partial charge in [-0.1, -0.05) is 0 Å². The van der Waals surface area contributed by atoms with Crippen LogP contribution in [-0.4, -0.2) is 41.1 Å². The van der Waals surface area contributed by atoms with E-state index in [1.165, 1.54) is 0 Å². The van der Waals surface area contributed by atoms with Crippen LogP contribution in [0.15, 0.2) is 0 Å².